The van der Waals surface area contributed by atoms with E-state index in [0.717, 1.165) is 6.42 Å². The number of fused-ring (bicyclic) bond motifs is 1. The first-order valence-electron chi connectivity index (χ1n) is 14.3. The standard InChI is InChI=1S/C40H32N/c1-5-18-33(19-6-1)40(34-20-7-2-8-21-34)30-28-37(29-31-40)41(35-22-9-3-10-23-35,36-24-11-4-12-25-36)39-27-15-17-32-16-13-14-26-38(32)39/h1-30H,31H2/q+1. The molecule has 0 amide bonds. The first-order valence-corrected chi connectivity index (χ1v) is 14.3. The molecular weight excluding hydrogens is 494 g/mol. The van der Waals surface area contributed by atoms with Gasteiger partial charge in [0.05, 0.1) is 0 Å². The Kier molecular flexibility index (Phi) is 6.43. The third-order valence-electron chi connectivity index (χ3n) is 8.55. The van der Waals surface area contributed by atoms with Crippen molar-refractivity contribution in [2.45, 2.75) is 11.8 Å². The summed E-state index contributed by atoms with van der Waals surface area (Å²) in [4.78, 5) is 0. The molecule has 0 bridgehead atoms. The van der Waals surface area contributed by atoms with Crippen LogP contribution >= 0.6 is 0 Å². The van der Waals surface area contributed by atoms with Crippen LogP contribution in [0.15, 0.2) is 188 Å². The van der Waals surface area contributed by atoms with Crippen molar-refractivity contribution in [3.8, 4) is 0 Å². The van der Waals surface area contributed by atoms with Gasteiger partial charge in [-0.05, 0) is 41.2 Å². The Labute approximate surface area is 242 Å². The number of rotatable bonds is 6. The number of quaternary nitrogens is 1. The fourth-order valence-corrected chi connectivity index (χ4v) is 6.61. The van der Waals surface area contributed by atoms with Crippen molar-refractivity contribution in [3.63, 3.8) is 0 Å². The summed E-state index contributed by atoms with van der Waals surface area (Å²) in [5.74, 6) is 0. The molecule has 7 rings (SSSR count). The van der Waals surface area contributed by atoms with Gasteiger partial charge in [-0.2, -0.15) is 4.48 Å². The highest BCUT2D eigenvalue weighted by Gasteiger charge is 2.44. The molecule has 0 atom stereocenters. The number of benzene rings is 6. The Morgan fingerprint density at radius 1 is 0.463 bits per heavy atom. The quantitative estimate of drug-likeness (QED) is 0.189. The number of allylic oxidation sites excluding steroid dienone is 3. The number of para-hydroxylation sites is 2. The fourth-order valence-electron chi connectivity index (χ4n) is 6.61. The molecule has 0 fully saturated rings. The van der Waals surface area contributed by atoms with E-state index in [4.69, 9.17) is 0 Å². The van der Waals surface area contributed by atoms with Crippen LogP contribution in [0, 0.1) is 0 Å². The predicted molar refractivity (Wildman–Crippen MR) is 173 cm³/mol. The highest BCUT2D eigenvalue weighted by Crippen LogP contribution is 2.53. The maximum Gasteiger partial charge on any atom is 0.156 e. The Bertz CT molecular complexity index is 1750. The summed E-state index contributed by atoms with van der Waals surface area (Å²) in [5.41, 5.74) is 7.26. The third-order valence-corrected chi connectivity index (χ3v) is 8.55. The molecule has 1 aliphatic carbocycles. The van der Waals surface area contributed by atoms with E-state index < -0.39 is 0 Å². The lowest BCUT2D eigenvalue weighted by Crippen LogP contribution is -2.39. The highest BCUT2D eigenvalue weighted by molar-refractivity contribution is 5.98. The normalized spacial score (nSPS) is 14.5. The monoisotopic (exact) mass is 526 g/mol. The van der Waals surface area contributed by atoms with Crippen molar-refractivity contribution in [3.05, 3.63) is 199 Å². The zero-order chi connectivity index (χ0) is 27.5. The van der Waals surface area contributed by atoms with Gasteiger partial charge in [0, 0.05) is 41.1 Å². The van der Waals surface area contributed by atoms with E-state index in [2.05, 4.69) is 182 Å². The molecule has 0 unspecified atom stereocenters. The van der Waals surface area contributed by atoms with Crippen LogP contribution in [-0.4, -0.2) is 0 Å². The van der Waals surface area contributed by atoms with E-state index in [0.29, 0.717) is 4.48 Å². The van der Waals surface area contributed by atoms with Crippen molar-refractivity contribution >= 4 is 27.8 Å². The average molecular weight is 527 g/mol. The summed E-state index contributed by atoms with van der Waals surface area (Å²) in [6.45, 7) is 0. The van der Waals surface area contributed by atoms with Crippen LogP contribution in [0.3, 0.4) is 0 Å². The smallest absolute Gasteiger partial charge is 0.156 e. The Balaban J connectivity index is 1.52. The zero-order valence-electron chi connectivity index (χ0n) is 23.0. The fraction of sp³-hybridized carbons (Fsp3) is 0.0500. The van der Waals surface area contributed by atoms with Crippen molar-refractivity contribution in [1.29, 1.82) is 0 Å². The molecule has 0 heterocycles. The summed E-state index contributed by atoms with van der Waals surface area (Å²) >= 11 is 0. The van der Waals surface area contributed by atoms with Crippen LogP contribution in [0.2, 0.25) is 0 Å². The Morgan fingerprint density at radius 2 is 0.951 bits per heavy atom. The van der Waals surface area contributed by atoms with Crippen molar-refractivity contribution in [1.82, 2.24) is 4.48 Å². The summed E-state index contributed by atoms with van der Waals surface area (Å²) in [6.07, 6.45) is 8.15. The molecule has 0 saturated carbocycles. The van der Waals surface area contributed by atoms with Crippen molar-refractivity contribution in [2.75, 3.05) is 0 Å². The molecule has 41 heavy (non-hydrogen) atoms. The van der Waals surface area contributed by atoms with Gasteiger partial charge in [0.1, 0.15) is 17.1 Å². The minimum Gasteiger partial charge on any atom is -0.194 e. The second-order valence-corrected chi connectivity index (χ2v) is 10.7. The molecule has 6 aromatic carbocycles. The minimum absolute atomic E-state index is 0.242. The van der Waals surface area contributed by atoms with E-state index in [-0.39, 0.29) is 5.41 Å². The lowest BCUT2D eigenvalue weighted by molar-refractivity contribution is 0.596. The summed E-state index contributed by atoms with van der Waals surface area (Å²) in [6, 6.07) is 59.2. The molecule has 0 saturated heterocycles. The molecule has 0 N–H and O–H groups in total. The van der Waals surface area contributed by atoms with Gasteiger partial charge in [0.25, 0.3) is 0 Å². The zero-order valence-corrected chi connectivity index (χ0v) is 23.0. The van der Waals surface area contributed by atoms with Crippen LogP contribution in [-0.2, 0) is 5.41 Å². The molecule has 0 radical (unpaired) electrons. The highest BCUT2D eigenvalue weighted by atomic mass is 15.4. The van der Waals surface area contributed by atoms with Gasteiger partial charge in [0.2, 0.25) is 0 Å². The Hall–Kier alpha value is -4.98. The van der Waals surface area contributed by atoms with Crippen LogP contribution in [0.4, 0.5) is 17.1 Å². The molecule has 6 aromatic rings. The molecule has 0 aromatic heterocycles. The van der Waals surface area contributed by atoms with Crippen molar-refractivity contribution < 1.29 is 0 Å². The molecule has 1 heteroatoms. The summed E-state index contributed by atoms with van der Waals surface area (Å²) in [5, 5.41) is 2.49. The summed E-state index contributed by atoms with van der Waals surface area (Å²) in [7, 11) is 0. The van der Waals surface area contributed by atoms with E-state index in [1.54, 1.807) is 0 Å². The van der Waals surface area contributed by atoms with Gasteiger partial charge in [-0.25, -0.2) is 0 Å². The van der Waals surface area contributed by atoms with Gasteiger partial charge in [-0.15, -0.1) is 0 Å². The Morgan fingerprint density at radius 3 is 1.49 bits per heavy atom. The van der Waals surface area contributed by atoms with E-state index in [1.165, 1.54) is 44.7 Å². The first-order chi connectivity index (χ1) is 20.3. The second-order valence-electron chi connectivity index (χ2n) is 10.7. The van der Waals surface area contributed by atoms with Gasteiger partial charge in [-0.1, -0.05) is 133 Å². The SMILES string of the molecule is C1=CC(c2ccccc2)(c2ccccc2)CC=C1[N+](c1ccccc1)(c1ccccc1)c1cccc2ccccc12. The minimum atomic E-state index is -0.242. The molecule has 0 spiro atoms. The maximum absolute atomic E-state index is 2.47. The molecule has 0 aliphatic heterocycles. The van der Waals surface area contributed by atoms with Gasteiger partial charge < -0.3 is 0 Å². The van der Waals surface area contributed by atoms with E-state index in [1.807, 2.05) is 0 Å². The van der Waals surface area contributed by atoms with Gasteiger partial charge in [0.15, 0.2) is 5.69 Å². The van der Waals surface area contributed by atoms with Crippen LogP contribution in [0.25, 0.3) is 10.8 Å². The molecular formula is C40H32N+. The molecule has 196 valence electrons. The number of hydrogen-bond acceptors (Lipinski definition) is 0. The lowest BCUT2D eigenvalue weighted by atomic mass is 9.70. The van der Waals surface area contributed by atoms with Gasteiger partial charge >= 0.3 is 0 Å². The lowest BCUT2D eigenvalue weighted by Gasteiger charge is -2.41. The molecule has 1 aliphatic rings. The number of nitrogens with zero attached hydrogens (tertiary/aromatic N) is 1. The van der Waals surface area contributed by atoms with E-state index >= 15 is 0 Å². The van der Waals surface area contributed by atoms with Crippen LogP contribution < -0.4 is 4.48 Å². The summed E-state index contributed by atoms with van der Waals surface area (Å²) < 4.78 is 0.499. The second kappa shape index (κ2) is 10.5. The topological polar surface area (TPSA) is 0 Å². The van der Waals surface area contributed by atoms with E-state index in [9.17, 15) is 0 Å². The number of hydrogen-bond donors (Lipinski definition) is 0. The average Bonchev–Trinajstić information content (AvgIpc) is 3.07. The maximum atomic E-state index is 2.47. The van der Waals surface area contributed by atoms with Crippen LogP contribution in [0.5, 0.6) is 0 Å². The largest absolute Gasteiger partial charge is 0.194 e. The first kappa shape index (κ1) is 25.0. The van der Waals surface area contributed by atoms with Crippen molar-refractivity contribution in [2.24, 2.45) is 0 Å². The third kappa shape index (κ3) is 4.14. The van der Waals surface area contributed by atoms with Crippen LogP contribution in [0.1, 0.15) is 17.5 Å². The molecule has 1 nitrogen and oxygen atoms in total. The van der Waals surface area contributed by atoms with Gasteiger partial charge in [-0.3, -0.25) is 0 Å². The predicted octanol–water partition coefficient (Wildman–Crippen LogP) is 10.6.